The number of nitrogens with zero attached hydrogens (tertiary/aromatic N) is 3. The average Bonchev–Trinajstić information content (AvgIpc) is 2.44. The maximum atomic E-state index is 12.8. The molecule has 0 aliphatic carbocycles. The molecule has 0 aromatic rings. The zero-order valence-corrected chi connectivity index (χ0v) is 16.0. The molecule has 2 fully saturated rings. The molecule has 0 spiro atoms. The van der Waals surface area contributed by atoms with E-state index in [0.29, 0.717) is 26.2 Å². The van der Waals surface area contributed by atoms with Crippen LogP contribution in [0.1, 0.15) is 34.6 Å². The number of carbonyl (C=O) groups excluding carboxylic acids is 1. The molecule has 2 atom stereocenters. The van der Waals surface area contributed by atoms with Crippen molar-refractivity contribution >= 4 is 16.3 Å². The molecule has 0 aromatic carbocycles. The van der Waals surface area contributed by atoms with Gasteiger partial charge in [-0.05, 0) is 34.6 Å². The van der Waals surface area contributed by atoms with E-state index in [1.165, 1.54) is 8.61 Å². The molecule has 0 saturated carbocycles. The van der Waals surface area contributed by atoms with Gasteiger partial charge < -0.3 is 14.4 Å². The lowest BCUT2D eigenvalue weighted by Crippen LogP contribution is -2.58. The zero-order valence-electron chi connectivity index (χ0n) is 15.2. The molecular weight excluding hydrogens is 334 g/mol. The standard InChI is InChI=1S/C15H29N3O5S/c1-12-10-18(11-13(2)22-12)24(20,21)17-8-6-16(7-9-17)14(19)23-15(3,4)5/h12-13H,6-11H2,1-5H3. The topological polar surface area (TPSA) is 79.4 Å². The summed E-state index contributed by atoms with van der Waals surface area (Å²) in [6.07, 6.45) is -0.633. The number of ether oxygens (including phenoxy) is 2. The van der Waals surface area contributed by atoms with Crippen LogP contribution < -0.4 is 0 Å². The molecule has 2 rings (SSSR count). The first kappa shape index (κ1) is 19.4. The maximum Gasteiger partial charge on any atom is 0.410 e. The van der Waals surface area contributed by atoms with Crippen LogP contribution in [0.4, 0.5) is 4.79 Å². The Balaban J connectivity index is 1.94. The Morgan fingerprint density at radius 3 is 1.96 bits per heavy atom. The van der Waals surface area contributed by atoms with E-state index in [2.05, 4.69) is 0 Å². The van der Waals surface area contributed by atoms with Crippen molar-refractivity contribution in [3.63, 3.8) is 0 Å². The lowest BCUT2D eigenvalue weighted by Gasteiger charge is -2.40. The second kappa shape index (κ2) is 7.15. The van der Waals surface area contributed by atoms with Crippen molar-refractivity contribution in [2.24, 2.45) is 0 Å². The minimum atomic E-state index is -3.53. The summed E-state index contributed by atoms with van der Waals surface area (Å²) < 4.78 is 39.5. The molecule has 2 saturated heterocycles. The van der Waals surface area contributed by atoms with Crippen molar-refractivity contribution < 1.29 is 22.7 Å². The molecule has 140 valence electrons. The first-order valence-electron chi connectivity index (χ1n) is 8.37. The van der Waals surface area contributed by atoms with E-state index in [1.54, 1.807) is 4.90 Å². The van der Waals surface area contributed by atoms with Gasteiger partial charge in [-0.25, -0.2) is 4.79 Å². The van der Waals surface area contributed by atoms with Gasteiger partial charge in [0.2, 0.25) is 0 Å². The minimum absolute atomic E-state index is 0.119. The van der Waals surface area contributed by atoms with Crippen LogP contribution in [0.5, 0.6) is 0 Å². The van der Waals surface area contributed by atoms with Gasteiger partial charge in [0.05, 0.1) is 12.2 Å². The van der Waals surface area contributed by atoms with Crippen molar-refractivity contribution in [3.05, 3.63) is 0 Å². The van der Waals surface area contributed by atoms with Crippen molar-refractivity contribution in [1.82, 2.24) is 13.5 Å². The van der Waals surface area contributed by atoms with Gasteiger partial charge in [0, 0.05) is 39.3 Å². The van der Waals surface area contributed by atoms with Crippen molar-refractivity contribution in [3.8, 4) is 0 Å². The number of amides is 1. The van der Waals surface area contributed by atoms with E-state index < -0.39 is 21.9 Å². The van der Waals surface area contributed by atoms with Crippen molar-refractivity contribution in [2.45, 2.75) is 52.4 Å². The number of rotatable bonds is 2. The Hall–Kier alpha value is -0.900. The summed E-state index contributed by atoms with van der Waals surface area (Å²) in [4.78, 5) is 13.6. The zero-order chi connectivity index (χ0) is 18.1. The second-order valence-electron chi connectivity index (χ2n) is 7.45. The van der Waals surface area contributed by atoms with Gasteiger partial charge in [-0.15, -0.1) is 0 Å². The second-order valence-corrected chi connectivity index (χ2v) is 9.38. The lowest BCUT2D eigenvalue weighted by molar-refractivity contribution is -0.0458. The summed E-state index contributed by atoms with van der Waals surface area (Å²) in [5, 5.41) is 0. The Morgan fingerprint density at radius 1 is 1.00 bits per heavy atom. The fourth-order valence-corrected chi connectivity index (χ4v) is 4.66. The molecule has 2 aliphatic heterocycles. The monoisotopic (exact) mass is 363 g/mol. The van der Waals surface area contributed by atoms with Gasteiger partial charge in [0.15, 0.2) is 0 Å². The highest BCUT2D eigenvalue weighted by Crippen LogP contribution is 2.19. The van der Waals surface area contributed by atoms with Crippen molar-refractivity contribution in [1.29, 1.82) is 0 Å². The molecule has 0 bridgehead atoms. The number of carbonyl (C=O) groups is 1. The quantitative estimate of drug-likeness (QED) is 0.728. The summed E-state index contributed by atoms with van der Waals surface area (Å²) in [5.74, 6) is 0. The highest BCUT2D eigenvalue weighted by molar-refractivity contribution is 7.86. The van der Waals surface area contributed by atoms with E-state index in [4.69, 9.17) is 9.47 Å². The molecule has 0 radical (unpaired) electrons. The normalized spacial score (nSPS) is 28.0. The Morgan fingerprint density at radius 2 is 1.50 bits per heavy atom. The number of hydrogen-bond donors (Lipinski definition) is 0. The van der Waals surface area contributed by atoms with Crippen LogP contribution in [0, 0.1) is 0 Å². The first-order valence-corrected chi connectivity index (χ1v) is 9.77. The molecule has 2 unspecified atom stereocenters. The predicted molar refractivity (Wildman–Crippen MR) is 89.9 cm³/mol. The lowest BCUT2D eigenvalue weighted by atomic mass is 10.2. The van der Waals surface area contributed by atoms with Crippen LogP contribution in [-0.4, -0.2) is 85.1 Å². The molecule has 2 aliphatic rings. The third-order valence-electron chi connectivity index (χ3n) is 3.93. The van der Waals surface area contributed by atoms with Crippen molar-refractivity contribution in [2.75, 3.05) is 39.3 Å². The largest absolute Gasteiger partial charge is 0.444 e. The van der Waals surface area contributed by atoms with Crippen LogP contribution in [0.25, 0.3) is 0 Å². The third kappa shape index (κ3) is 4.81. The van der Waals surface area contributed by atoms with E-state index in [1.807, 2.05) is 34.6 Å². The first-order chi connectivity index (χ1) is 11.0. The fraction of sp³-hybridized carbons (Fsp3) is 0.933. The molecule has 1 amide bonds. The molecule has 9 heteroatoms. The predicted octanol–water partition coefficient (Wildman–Crippen LogP) is 0.893. The molecule has 0 aromatic heterocycles. The summed E-state index contributed by atoms with van der Waals surface area (Å²) in [5.41, 5.74) is -0.555. The van der Waals surface area contributed by atoms with Gasteiger partial charge in [0.1, 0.15) is 5.60 Å². The molecule has 8 nitrogen and oxygen atoms in total. The van der Waals surface area contributed by atoms with Crippen LogP contribution in [-0.2, 0) is 19.7 Å². The molecular formula is C15H29N3O5S. The Bertz CT molecular complexity index is 542. The molecule has 24 heavy (non-hydrogen) atoms. The number of hydrogen-bond acceptors (Lipinski definition) is 5. The summed E-state index contributed by atoms with van der Waals surface area (Å²) in [7, 11) is -3.53. The van der Waals surface area contributed by atoms with Crippen LogP contribution in [0.3, 0.4) is 0 Å². The maximum absolute atomic E-state index is 12.8. The van der Waals surface area contributed by atoms with E-state index in [9.17, 15) is 13.2 Å². The summed E-state index contributed by atoms with van der Waals surface area (Å²) in [6, 6.07) is 0. The summed E-state index contributed by atoms with van der Waals surface area (Å²) in [6.45, 7) is 11.1. The fourth-order valence-electron chi connectivity index (χ4n) is 2.91. The van der Waals surface area contributed by atoms with E-state index in [-0.39, 0.29) is 25.3 Å². The van der Waals surface area contributed by atoms with Gasteiger partial charge >= 0.3 is 6.09 Å². The molecule has 0 N–H and O–H groups in total. The third-order valence-corrected chi connectivity index (χ3v) is 5.90. The smallest absolute Gasteiger partial charge is 0.410 e. The Kier molecular flexibility index (Phi) is 5.79. The average molecular weight is 363 g/mol. The van der Waals surface area contributed by atoms with Gasteiger partial charge in [-0.1, -0.05) is 0 Å². The SMILES string of the molecule is CC1CN(S(=O)(=O)N2CCN(C(=O)OC(C)(C)C)CC2)CC(C)O1. The summed E-state index contributed by atoms with van der Waals surface area (Å²) >= 11 is 0. The van der Waals surface area contributed by atoms with Crippen LogP contribution in [0.2, 0.25) is 0 Å². The van der Waals surface area contributed by atoms with Gasteiger partial charge in [0.25, 0.3) is 10.2 Å². The van der Waals surface area contributed by atoms with Gasteiger partial charge in [-0.2, -0.15) is 17.0 Å². The minimum Gasteiger partial charge on any atom is -0.444 e. The highest BCUT2D eigenvalue weighted by Gasteiger charge is 2.37. The Labute approximate surface area is 144 Å². The van der Waals surface area contributed by atoms with E-state index in [0.717, 1.165) is 0 Å². The van der Waals surface area contributed by atoms with Crippen LogP contribution >= 0.6 is 0 Å². The van der Waals surface area contributed by atoms with Gasteiger partial charge in [-0.3, -0.25) is 0 Å². The number of morpholine rings is 1. The van der Waals surface area contributed by atoms with E-state index >= 15 is 0 Å². The van der Waals surface area contributed by atoms with Crippen LogP contribution in [0.15, 0.2) is 0 Å². The highest BCUT2D eigenvalue weighted by atomic mass is 32.2. The number of piperazine rings is 1. The molecule has 2 heterocycles.